The lowest BCUT2D eigenvalue weighted by atomic mass is 10.2. The second-order valence-corrected chi connectivity index (χ2v) is 7.73. The molecule has 1 heterocycles. The van der Waals surface area contributed by atoms with Gasteiger partial charge in [-0.3, -0.25) is 9.69 Å². The van der Waals surface area contributed by atoms with Gasteiger partial charge in [-0.1, -0.05) is 61.0 Å². The Balaban J connectivity index is 1.79. The maximum absolute atomic E-state index is 13.1. The average Bonchev–Trinajstić information content (AvgIpc) is 2.94. The fourth-order valence-corrected chi connectivity index (χ4v) is 3.98. The van der Waals surface area contributed by atoms with E-state index in [0.717, 1.165) is 24.0 Å². The van der Waals surface area contributed by atoms with Gasteiger partial charge in [0.05, 0.1) is 18.0 Å². The molecule has 27 heavy (non-hydrogen) atoms. The summed E-state index contributed by atoms with van der Waals surface area (Å²) < 4.78 is 13.1. The van der Waals surface area contributed by atoms with E-state index in [1.807, 2.05) is 19.1 Å². The smallest absolute Gasteiger partial charge is 0.242 e. The number of carbonyl (C=O) groups is 1. The minimum atomic E-state index is -0.300. The molecule has 3 rings (SSSR count). The number of thioether (sulfide) groups is 1. The van der Waals surface area contributed by atoms with Crippen LogP contribution in [-0.4, -0.2) is 27.4 Å². The van der Waals surface area contributed by atoms with Gasteiger partial charge >= 0.3 is 0 Å². The van der Waals surface area contributed by atoms with Crippen molar-refractivity contribution in [3.63, 3.8) is 0 Å². The Labute approximate surface area is 167 Å². The van der Waals surface area contributed by atoms with Crippen LogP contribution in [-0.2, 0) is 11.3 Å². The highest BCUT2D eigenvalue weighted by Gasteiger charge is 2.37. The SMILES string of the molecule is CCC[C@H]1S/C(=N/N=C\c2ccc(Cl)cc2)N(Cc2ccc(F)cc2)C1=O. The molecule has 2 aromatic carbocycles. The fraction of sp³-hybridized carbons (Fsp3) is 0.250. The lowest BCUT2D eigenvalue weighted by Gasteiger charge is -2.15. The molecule has 1 aliphatic heterocycles. The largest absolute Gasteiger partial charge is 0.284 e. The predicted molar refractivity (Wildman–Crippen MR) is 110 cm³/mol. The Morgan fingerprint density at radius 3 is 2.56 bits per heavy atom. The van der Waals surface area contributed by atoms with Crippen molar-refractivity contribution in [2.75, 3.05) is 0 Å². The van der Waals surface area contributed by atoms with Crippen LogP contribution in [0.2, 0.25) is 5.02 Å². The maximum Gasteiger partial charge on any atom is 0.242 e. The van der Waals surface area contributed by atoms with Crippen molar-refractivity contribution in [2.24, 2.45) is 10.2 Å². The van der Waals surface area contributed by atoms with Gasteiger partial charge in [-0.25, -0.2) is 4.39 Å². The van der Waals surface area contributed by atoms with Crippen LogP contribution in [0.4, 0.5) is 4.39 Å². The number of amidine groups is 1. The van der Waals surface area contributed by atoms with Crippen molar-refractivity contribution >= 4 is 40.7 Å². The quantitative estimate of drug-likeness (QED) is 0.496. The summed E-state index contributed by atoms with van der Waals surface area (Å²) in [6.07, 6.45) is 3.32. The Morgan fingerprint density at radius 1 is 1.19 bits per heavy atom. The molecule has 1 amide bonds. The van der Waals surface area contributed by atoms with Crippen LogP contribution in [0.25, 0.3) is 0 Å². The maximum atomic E-state index is 13.1. The highest BCUT2D eigenvalue weighted by Crippen LogP contribution is 2.31. The minimum Gasteiger partial charge on any atom is -0.284 e. The van der Waals surface area contributed by atoms with E-state index >= 15 is 0 Å². The first-order valence-electron chi connectivity index (χ1n) is 8.66. The van der Waals surface area contributed by atoms with Gasteiger partial charge in [-0.2, -0.15) is 5.10 Å². The van der Waals surface area contributed by atoms with Crippen molar-refractivity contribution < 1.29 is 9.18 Å². The molecule has 0 aromatic heterocycles. The summed E-state index contributed by atoms with van der Waals surface area (Å²) in [4.78, 5) is 14.4. The van der Waals surface area contributed by atoms with Crippen LogP contribution in [0, 0.1) is 5.82 Å². The van der Waals surface area contributed by atoms with Crippen LogP contribution >= 0.6 is 23.4 Å². The van der Waals surface area contributed by atoms with E-state index in [0.29, 0.717) is 16.7 Å². The van der Waals surface area contributed by atoms with E-state index in [1.54, 1.807) is 35.4 Å². The number of amides is 1. The molecule has 1 aliphatic rings. The summed E-state index contributed by atoms with van der Waals surface area (Å²) in [5.74, 6) is -0.280. The Kier molecular flexibility index (Phi) is 6.63. The van der Waals surface area contributed by atoms with Gasteiger partial charge in [0.25, 0.3) is 0 Å². The predicted octanol–water partition coefficient (Wildman–Crippen LogP) is 5.11. The molecule has 2 aromatic rings. The normalized spacial score (nSPS) is 18.8. The summed E-state index contributed by atoms with van der Waals surface area (Å²) in [7, 11) is 0. The first kappa shape index (κ1) is 19.6. The van der Waals surface area contributed by atoms with E-state index in [4.69, 9.17) is 11.6 Å². The van der Waals surface area contributed by atoms with Gasteiger partial charge in [0.15, 0.2) is 5.17 Å². The molecule has 1 saturated heterocycles. The van der Waals surface area contributed by atoms with E-state index in [2.05, 4.69) is 10.2 Å². The second kappa shape index (κ2) is 9.15. The standard InChI is InChI=1S/C20H19ClFN3OS/c1-2-3-18-19(26)25(13-15-6-10-17(22)11-7-15)20(27-18)24-23-12-14-4-8-16(21)9-5-14/h4-12,18H,2-3,13H2,1H3/b23-12-,24-20+/t18-/m1/s1. The number of rotatable bonds is 6. The first-order chi connectivity index (χ1) is 13.1. The Morgan fingerprint density at radius 2 is 1.89 bits per heavy atom. The van der Waals surface area contributed by atoms with Crippen molar-refractivity contribution in [2.45, 2.75) is 31.6 Å². The Hall–Kier alpha value is -2.18. The zero-order valence-corrected chi connectivity index (χ0v) is 16.4. The molecule has 1 fully saturated rings. The van der Waals surface area contributed by atoms with Gasteiger partial charge in [0.1, 0.15) is 5.82 Å². The van der Waals surface area contributed by atoms with Crippen LogP contribution in [0.15, 0.2) is 58.7 Å². The van der Waals surface area contributed by atoms with Crippen LogP contribution < -0.4 is 0 Å². The molecule has 7 heteroatoms. The minimum absolute atomic E-state index is 0.0200. The zero-order valence-electron chi connectivity index (χ0n) is 14.8. The molecule has 0 spiro atoms. The molecule has 0 unspecified atom stereocenters. The van der Waals surface area contributed by atoms with Crippen LogP contribution in [0.5, 0.6) is 0 Å². The van der Waals surface area contributed by atoms with E-state index in [1.165, 1.54) is 23.9 Å². The van der Waals surface area contributed by atoms with Gasteiger partial charge in [-0.05, 0) is 41.8 Å². The molecule has 140 valence electrons. The van der Waals surface area contributed by atoms with E-state index < -0.39 is 0 Å². The monoisotopic (exact) mass is 403 g/mol. The highest BCUT2D eigenvalue weighted by atomic mass is 35.5. The molecular formula is C20H19ClFN3OS. The van der Waals surface area contributed by atoms with Crippen molar-refractivity contribution in [1.29, 1.82) is 0 Å². The summed E-state index contributed by atoms with van der Waals surface area (Å²) in [5.41, 5.74) is 1.71. The number of hydrogen-bond acceptors (Lipinski definition) is 4. The molecule has 1 atom stereocenters. The summed E-state index contributed by atoms with van der Waals surface area (Å²) >= 11 is 7.30. The molecule has 0 saturated carbocycles. The molecule has 0 bridgehead atoms. The lowest BCUT2D eigenvalue weighted by molar-refractivity contribution is -0.126. The average molecular weight is 404 g/mol. The number of halogens is 2. The van der Waals surface area contributed by atoms with Crippen molar-refractivity contribution in [3.8, 4) is 0 Å². The van der Waals surface area contributed by atoms with Gasteiger partial charge < -0.3 is 0 Å². The van der Waals surface area contributed by atoms with Crippen LogP contribution in [0.1, 0.15) is 30.9 Å². The number of nitrogens with zero attached hydrogens (tertiary/aromatic N) is 3. The third kappa shape index (κ3) is 5.17. The summed E-state index contributed by atoms with van der Waals surface area (Å²) in [6, 6.07) is 13.4. The molecule has 0 radical (unpaired) electrons. The third-order valence-corrected chi connectivity index (χ3v) is 5.53. The number of carbonyl (C=O) groups excluding carboxylic acids is 1. The fourth-order valence-electron chi connectivity index (χ4n) is 2.64. The lowest BCUT2D eigenvalue weighted by Crippen LogP contribution is -2.31. The van der Waals surface area contributed by atoms with Gasteiger partial charge in [0.2, 0.25) is 5.91 Å². The van der Waals surface area contributed by atoms with E-state index in [9.17, 15) is 9.18 Å². The molecule has 4 nitrogen and oxygen atoms in total. The second-order valence-electron chi connectivity index (χ2n) is 6.12. The molecular weight excluding hydrogens is 385 g/mol. The van der Waals surface area contributed by atoms with Gasteiger partial charge in [-0.15, -0.1) is 5.10 Å². The summed E-state index contributed by atoms with van der Waals surface area (Å²) in [6.45, 7) is 2.40. The van der Waals surface area contributed by atoms with Crippen LogP contribution in [0.3, 0.4) is 0 Å². The molecule has 0 N–H and O–H groups in total. The topological polar surface area (TPSA) is 45.0 Å². The zero-order chi connectivity index (χ0) is 19.2. The molecule has 0 aliphatic carbocycles. The first-order valence-corrected chi connectivity index (χ1v) is 9.91. The van der Waals surface area contributed by atoms with Crippen molar-refractivity contribution in [1.82, 2.24) is 4.90 Å². The highest BCUT2D eigenvalue weighted by molar-refractivity contribution is 8.15. The summed E-state index contributed by atoms with van der Waals surface area (Å²) in [5, 5.41) is 9.47. The van der Waals surface area contributed by atoms with E-state index in [-0.39, 0.29) is 17.0 Å². The number of hydrogen-bond donors (Lipinski definition) is 0. The Bertz CT molecular complexity index is 853. The van der Waals surface area contributed by atoms with Crippen molar-refractivity contribution in [3.05, 3.63) is 70.5 Å². The number of benzene rings is 2. The third-order valence-electron chi connectivity index (χ3n) is 4.04. The van der Waals surface area contributed by atoms with Gasteiger partial charge in [0, 0.05) is 5.02 Å².